The highest BCUT2D eigenvalue weighted by atomic mass is 16.7. The van der Waals surface area contributed by atoms with Gasteiger partial charge in [0.15, 0.2) is 0 Å². The summed E-state index contributed by atoms with van der Waals surface area (Å²) in [5.41, 5.74) is 0. The summed E-state index contributed by atoms with van der Waals surface area (Å²) < 4.78 is 0. The van der Waals surface area contributed by atoms with Gasteiger partial charge in [-0.25, -0.2) is 4.79 Å². The number of carboxylic acids is 1. The summed E-state index contributed by atoms with van der Waals surface area (Å²) in [5.74, 6) is 5.28. The molecule has 9 nitrogen and oxygen atoms in total. The highest BCUT2D eigenvalue weighted by molar-refractivity contribution is 6.33. The van der Waals surface area contributed by atoms with E-state index in [0.717, 1.165) is 6.42 Å². The van der Waals surface area contributed by atoms with E-state index in [2.05, 4.69) is 21.5 Å². The van der Waals surface area contributed by atoms with E-state index in [1.807, 2.05) is 6.92 Å². The van der Waals surface area contributed by atoms with Gasteiger partial charge in [0, 0.05) is 12.8 Å². The first-order valence-electron chi connectivity index (χ1n) is 4.94. The molecule has 18 heavy (non-hydrogen) atoms. The van der Waals surface area contributed by atoms with Gasteiger partial charge in [-0.1, -0.05) is 6.92 Å². The zero-order valence-corrected chi connectivity index (χ0v) is 9.88. The van der Waals surface area contributed by atoms with Crippen LogP contribution in [0.25, 0.3) is 0 Å². The third-order valence-corrected chi connectivity index (χ3v) is 1.49. The van der Waals surface area contributed by atoms with Crippen LogP contribution in [0.1, 0.15) is 32.6 Å². The van der Waals surface area contributed by atoms with E-state index >= 15 is 0 Å². The standard InChI is InChI=1S/C5H8N2O5.C4H8O2/c6-11-4(9)2-1-3(8)5(10)12-7;1-2-3-4(5)6/h1-2,6-7H2;2-3H2,1H3,(H,5,6). The van der Waals surface area contributed by atoms with E-state index in [1.165, 1.54) is 0 Å². The van der Waals surface area contributed by atoms with E-state index in [9.17, 15) is 19.2 Å². The summed E-state index contributed by atoms with van der Waals surface area (Å²) in [7, 11) is 0. The van der Waals surface area contributed by atoms with Crippen molar-refractivity contribution in [1.29, 1.82) is 0 Å². The maximum atomic E-state index is 10.6. The Kier molecular flexibility index (Phi) is 11.7. The van der Waals surface area contributed by atoms with Gasteiger partial charge < -0.3 is 14.8 Å². The Morgan fingerprint density at radius 3 is 1.83 bits per heavy atom. The van der Waals surface area contributed by atoms with Crippen LogP contribution in [0.2, 0.25) is 0 Å². The van der Waals surface area contributed by atoms with Crippen molar-refractivity contribution in [2.75, 3.05) is 0 Å². The van der Waals surface area contributed by atoms with Crippen molar-refractivity contribution in [2.45, 2.75) is 32.6 Å². The highest BCUT2D eigenvalue weighted by Crippen LogP contribution is 1.93. The molecule has 0 atom stereocenters. The molecule has 0 aromatic heterocycles. The predicted octanol–water partition coefficient (Wildman–Crippen LogP) is -0.959. The second-order valence-corrected chi connectivity index (χ2v) is 2.96. The number of aliphatic carboxylic acids is 1. The first-order chi connectivity index (χ1) is 8.38. The zero-order chi connectivity index (χ0) is 14.6. The minimum Gasteiger partial charge on any atom is -0.481 e. The number of carboxylic acid groups (broad SMARTS) is 1. The lowest BCUT2D eigenvalue weighted by atomic mass is 10.2. The van der Waals surface area contributed by atoms with E-state index in [0.29, 0.717) is 6.42 Å². The SMILES string of the molecule is CCCC(=O)O.NOC(=O)CCC(=O)C(=O)ON. The van der Waals surface area contributed by atoms with Crippen LogP contribution < -0.4 is 11.8 Å². The molecule has 0 aliphatic rings. The molecule has 5 N–H and O–H groups in total. The number of hydrogen-bond donors (Lipinski definition) is 3. The minimum atomic E-state index is -1.19. The Morgan fingerprint density at radius 1 is 1.00 bits per heavy atom. The lowest BCUT2D eigenvalue weighted by molar-refractivity contribution is -0.155. The number of carbonyl (C=O) groups excluding carboxylic acids is 3. The maximum absolute atomic E-state index is 10.6. The van der Waals surface area contributed by atoms with E-state index < -0.39 is 23.7 Å². The van der Waals surface area contributed by atoms with Crippen molar-refractivity contribution in [3.05, 3.63) is 0 Å². The zero-order valence-electron chi connectivity index (χ0n) is 9.88. The average Bonchev–Trinajstić information content (AvgIpc) is 2.34. The largest absolute Gasteiger partial charge is 0.481 e. The van der Waals surface area contributed by atoms with E-state index in [-0.39, 0.29) is 12.8 Å². The first kappa shape index (κ1) is 18.4. The number of Topliss-reactive ketones (excluding diaryl/α,β-unsaturated/α-hetero) is 1. The molecule has 0 rings (SSSR count). The lowest BCUT2D eigenvalue weighted by Crippen LogP contribution is -2.22. The fourth-order valence-corrected chi connectivity index (χ4v) is 0.656. The van der Waals surface area contributed by atoms with Crippen LogP contribution >= 0.6 is 0 Å². The van der Waals surface area contributed by atoms with Crippen molar-refractivity contribution < 1.29 is 34.0 Å². The minimum absolute atomic E-state index is 0.273. The van der Waals surface area contributed by atoms with E-state index in [1.54, 1.807) is 0 Å². The monoisotopic (exact) mass is 264 g/mol. The highest BCUT2D eigenvalue weighted by Gasteiger charge is 2.16. The van der Waals surface area contributed by atoms with Crippen LogP contribution in [-0.2, 0) is 28.9 Å². The third-order valence-electron chi connectivity index (χ3n) is 1.49. The molecule has 104 valence electrons. The molecule has 0 aliphatic heterocycles. The number of carbonyl (C=O) groups is 4. The van der Waals surface area contributed by atoms with Gasteiger partial charge in [0.2, 0.25) is 5.78 Å². The van der Waals surface area contributed by atoms with Crippen molar-refractivity contribution in [2.24, 2.45) is 11.8 Å². The molecule has 0 saturated heterocycles. The van der Waals surface area contributed by atoms with Gasteiger partial charge in [0.1, 0.15) is 0 Å². The van der Waals surface area contributed by atoms with Gasteiger partial charge in [-0.2, -0.15) is 11.8 Å². The fourth-order valence-electron chi connectivity index (χ4n) is 0.656. The van der Waals surface area contributed by atoms with Crippen LogP contribution in [0.15, 0.2) is 0 Å². The Hall–Kier alpha value is -2.00. The third kappa shape index (κ3) is 12.1. The first-order valence-corrected chi connectivity index (χ1v) is 4.94. The smallest absolute Gasteiger partial charge is 0.393 e. The number of ketones is 1. The molecule has 0 fully saturated rings. The summed E-state index contributed by atoms with van der Waals surface area (Å²) in [6.07, 6.45) is 0.422. The van der Waals surface area contributed by atoms with Crippen LogP contribution in [0, 0.1) is 0 Å². The van der Waals surface area contributed by atoms with Crippen molar-refractivity contribution in [3.63, 3.8) is 0 Å². The second kappa shape index (κ2) is 11.5. The topological polar surface area (TPSA) is 159 Å². The van der Waals surface area contributed by atoms with E-state index in [4.69, 9.17) is 5.11 Å². The molecule has 0 aliphatic carbocycles. The molecule has 0 amide bonds. The lowest BCUT2D eigenvalue weighted by Gasteiger charge is -1.96. The number of nitrogens with two attached hydrogens (primary N) is 2. The average molecular weight is 264 g/mol. The molecule has 0 spiro atoms. The molecule has 9 heteroatoms. The molecule has 0 saturated carbocycles. The molecule has 0 aromatic carbocycles. The summed E-state index contributed by atoms with van der Waals surface area (Å²) in [5, 5.41) is 7.91. The second-order valence-electron chi connectivity index (χ2n) is 2.96. The van der Waals surface area contributed by atoms with Gasteiger partial charge >= 0.3 is 17.9 Å². The van der Waals surface area contributed by atoms with Crippen LogP contribution in [0.4, 0.5) is 0 Å². The van der Waals surface area contributed by atoms with Crippen LogP contribution in [-0.4, -0.2) is 28.8 Å². The summed E-state index contributed by atoms with van der Waals surface area (Å²) in [4.78, 5) is 48.2. The molecule has 0 unspecified atom stereocenters. The summed E-state index contributed by atoms with van der Waals surface area (Å²) in [6.45, 7) is 1.84. The predicted molar refractivity (Wildman–Crippen MR) is 57.3 cm³/mol. The normalized spacial score (nSPS) is 8.61. The molecule has 0 heterocycles. The van der Waals surface area contributed by atoms with Gasteiger partial charge in [-0.3, -0.25) is 14.4 Å². The van der Waals surface area contributed by atoms with Gasteiger partial charge in [-0.05, 0) is 6.42 Å². The quantitative estimate of drug-likeness (QED) is 0.405. The Morgan fingerprint density at radius 2 is 1.56 bits per heavy atom. The summed E-state index contributed by atoms with van der Waals surface area (Å²) in [6, 6.07) is 0. The van der Waals surface area contributed by atoms with Gasteiger partial charge in [0.05, 0.1) is 6.42 Å². The summed E-state index contributed by atoms with van der Waals surface area (Å²) >= 11 is 0. The Labute approximate surface area is 103 Å². The molecule has 0 bridgehead atoms. The number of hydrogen-bond acceptors (Lipinski definition) is 8. The Balaban J connectivity index is 0. The van der Waals surface area contributed by atoms with Crippen molar-refractivity contribution >= 4 is 23.7 Å². The Bertz CT molecular complexity index is 303. The van der Waals surface area contributed by atoms with Gasteiger partial charge in [-0.15, -0.1) is 0 Å². The molecule has 0 aromatic rings. The van der Waals surface area contributed by atoms with Crippen molar-refractivity contribution in [3.8, 4) is 0 Å². The maximum Gasteiger partial charge on any atom is 0.393 e. The molecular formula is C9H16N2O7. The van der Waals surface area contributed by atoms with Crippen molar-refractivity contribution in [1.82, 2.24) is 0 Å². The van der Waals surface area contributed by atoms with Crippen LogP contribution in [0.5, 0.6) is 0 Å². The van der Waals surface area contributed by atoms with Gasteiger partial charge in [0.25, 0.3) is 0 Å². The number of rotatable bonds is 6. The fraction of sp³-hybridized carbons (Fsp3) is 0.556. The van der Waals surface area contributed by atoms with Crippen LogP contribution in [0.3, 0.4) is 0 Å². The molecular weight excluding hydrogens is 248 g/mol. The molecule has 0 radical (unpaired) electrons.